The zero-order valence-corrected chi connectivity index (χ0v) is 15.4. The highest BCUT2D eigenvalue weighted by atomic mass is 32.2. The van der Waals surface area contributed by atoms with Crippen molar-refractivity contribution in [3.63, 3.8) is 0 Å². The summed E-state index contributed by atoms with van der Waals surface area (Å²) < 4.78 is 0. The minimum atomic E-state index is 0.334. The molecular formula is C18H28N4OS. The van der Waals surface area contributed by atoms with Crippen LogP contribution in [0, 0.1) is 0 Å². The Bertz CT molecular complexity index is 519. The Hall–Kier alpha value is -1.27. The lowest BCUT2D eigenvalue weighted by Crippen LogP contribution is -2.48. The molecule has 132 valence electrons. The normalized spacial score (nSPS) is 22.6. The van der Waals surface area contributed by atoms with Crippen LogP contribution >= 0.6 is 11.8 Å². The van der Waals surface area contributed by atoms with Crippen LogP contribution in [0.15, 0.2) is 24.4 Å². The number of carbonyl (C=O) groups excluding carboxylic acids is 1. The van der Waals surface area contributed by atoms with E-state index in [2.05, 4.69) is 32.7 Å². The number of rotatable bonds is 5. The first-order valence-electron chi connectivity index (χ1n) is 9.04. The number of carbonyl (C=O) groups is 1. The van der Waals surface area contributed by atoms with Gasteiger partial charge in [-0.15, -0.1) is 0 Å². The maximum absolute atomic E-state index is 12.5. The number of anilines is 1. The number of hydrogen-bond acceptors (Lipinski definition) is 5. The van der Waals surface area contributed by atoms with Crippen LogP contribution in [0.2, 0.25) is 0 Å². The summed E-state index contributed by atoms with van der Waals surface area (Å²) in [6.45, 7) is 8.96. The Morgan fingerprint density at radius 3 is 2.79 bits per heavy atom. The lowest BCUT2D eigenvalue weighted by Gasteiger charge is -2.36. The lowest BCUT2D eigenvalue weighted by atomic mass is 10.2. The summed E-state index contributed by atoms with van der Waals surface area (Å²) in [5.74, 6) is 2.48. The monoisotopic (exact) mass is 348 g/mol. The second-order valence-corrected chi connectivity index (χ2v) is 7.92. The molecule has 0 N–H and O–H groups in total. The minimum Gasteiger partial charge on any atom is -0.354 e. The quantitative estimate of drug-likeness (QED) is 0.813. The van der Waals surface area contributed by atoms with Crippen LogP contribution in [-0.2, 0) is 4.79 Å². The summed E-state index contributed by atoms with van der Waals surface area (Å²) in [5, 5.41) is 0.629. The maximum Gasteiger partial charge on any atom is 0.223 e. The number of pyridine rings is 1. The third-order valence-electron chi connectivity index (χ3n) is 4.93. The summed E-state index contributed by atoms with van der Waals surface area (Å²) in [7, 11) is 0. The molecule has 2 saturated heterocycles. The average Bonchev–Trinajstić information content (AvgIpc) is 2.67. The van der Waals surface area contributed by atoms with Crippen molar-refractivity contribution in [2.24, 2.45) is 0 Å². The molecular weight excluding hydrogens is 320 g/mol. The average molecular weight is 349 g/mol. The second-order valence-electron chi connectivity index (χ2n) is 6.51. The molecule has 0 aromatic carbocycles. The first-order valence-corrected chi connectivity index (χ1v) is 10.1. The fourth-order valence-electron chi connectivity index (χ4n) is 3.35. The Labute approximate surface area is 149 Å². The van der Waals surface area contributed by atoms with E-state index in [-0.39, 0.29) is 0 Å². The highest BCUT2D eigenvalue weighted by Crippen LogP contribution is 2.21. The molecule has 2 aliphatic heterocycles. The SMILES string of the molecule is CC[C@@H]1CN(C(=O)CCN2CCN(c3ccccn3)CC2)CCS1. The van der Waals surface area contributed by atoms with Crippen molar-refractivity contribution in [3.05, 3.63) is 24.4 Å². The first kappa shape index (κ1) is 17.5. The van der Waals surface area contributed by atoms with Gasteiger partial charge in [0.2, 0.25) is 5.91 Å². The lowest BCUT2D eigenvalue weighted by molar-refractivity contribution is -0.131. The van der Waals surface area contributed by atoms with E-state index in [9.17, 15) is 4.79 Å². The first-order chi connectivity index (χ1) is 11.8. The van der Waals surface area contributed by atoms with Gasteiger partial charge < -0.3 is 9.80 Å². The van der Waals surface area contributed by atoms with E-state index < -0.39 is 0 Å². The molecule has 2 aliphatic rings. The second kappa shape index (κ2) is 8.72. The molecule has 3 rings (SSSR count). The van der Waals surface area contributed by atoms with Crippen LogP contribution in [-0.4, -0.2) is 77.5 Å². The van der Waals surface area contributed by atoms with Crippen molar-refractivity contribution in [3.8, 4) is 0 Å². The van der Waals surface area contributed by atoms with Gasteiger partial charge in [0.1, 0.15) is 5.82 Å². The van der Waals surface area contributed by atoms with Crippen LogP contribution in [0.25, 0.3) is 0 Å². The predicted octanol–water partition coefficient (Wildman–Crippen LogP) is 1.95. The molecule has 2 fully saturated rings. The molecule has 0 spiro atoms. The van der Waals surface area contributed by atoms with Crippen molar-refractivity contribution >= 4 is 23.5 Å². The highest BCUT2D eigenvalue weighted by molar-refractivity contribution is 8.00. The van der Waals surface area contributed by atoms with E-state index in [1.54, 1.807) is 0 Å². The number of hydrogen-bond donors (Lipinski definition) is 0. The smallest absolute Gasteiger partial charge is 0.223 e. The van der Waals surface area contributed by atoms with Gasteiger partial charge in [-0.05, 0) is 18.6 Å². The van der Waals surface area contributed by atoms with Crippen LogP contribution in [0.1, 0.15) is 19.8 Å². The Kier molecular flexibility index (Phi) is 6.37. The number of piperazine rings is 1. The van der Waals surface area contributed by atoms with Crippen molar-refractivity contribution in [1.29, 1.82) is 0 Å². The van der Waals surface area contributed by atoms with Gasteiger partial charge in [0, 0.05) is 69.4 Å². The van der Waals surface area contributed by atoms with E-state index >= 15 is 0 Å². The fraction of sp³-hybridized carbons (Fsp3) is 0.667. The number of amides is 1. The van der Waals surface area contributed by atoms with E-state index in [0.29, 0.717) is 17.6 Å². The Morgan fingerprint density at radius 2 is 2.08 bits per heavy atom. The van der Waals surface area contributed by atoms with Gasteiger partial charge >= 0.3 is 0 Å². The zero-order valence-electron chi connectivity index (χ0n) is 14.6. The van der Waals surface area contributed by atoms with Crippen LogP contribution in [0.5, 0.6) is 0 Å². The van der Waals surface area contributed by atoms with Crippen molar-refractivity contribution < 1.29 is 4.79 Å². The summed E-state index contributed by atoms with van der Waals surface area (Å²) in [6.07, 6.45) is 3.66. The summed E-state index contributed by atoms with van der Waals surface area (Å²) in [6, 6.07) is 6.05. The molecule has 0 saturated carbocycles. The molecule has 0 unspecified atom stereocenters. The van der Waals surface area contributed by atoms with Gasteiger partial charge in [0.15, 0.2) is 0 Å². The van der Waals surface area contributed by atoms with Gasteiger partial charge in [-0.1, -0.05) is 13.0 Å². The van der Waals surface area contributed by atoms with Crippen molar-refractivity contribution in [1.82, 2.24) is 14.8 Å². The third kappa shape index (κ3) is 4.63. The van der Waals surface area contributed by atoms with E-state index in [4.69, 9.17) is 0 Å². The summed E-state index contributed by atoms with van der Waals surface area (Å²) in [5.41, 5.74) is 0. The van der Waals surface area contributed by atoms with Crippen molar-refractivity contribution in [2.45, 2.75) is 25.0 Å². The maximum atomic E-state index is 12.5. The summed E-state index contributed by atoms with van der Waals surface area (Å²) >= 11 is 2.01. The Balaban J connectivity index is 1.39. The third-order valence-corrected chi connectivity index (χ3v) is 6.31. The number of aromatic nitrogens is 1. The topological polar surface area (TPSA) is 39.7 Å². The molecule has 1 aromatic heterocycles. The van der Waals surface area contributed by atoms with Gasteiger partial charge in [-0.3, -0.25) is 9.69 Å². The highest BCUT2D eigenvalue weighted by Gasteiger charge is 2.24. The standard InChI is InChI=1S/C18H28N4OS/c1-2-16-15-22(13-14-24-16)18(23)6-8-20-9-11-21(12-10-20)17-5-3-4-7-19-17/h3-5,7,16H,2,6,8-15H2,1H3/t16-/m1/s1. The van der Waals surface area contributed by atoms with Crippen molar-refractivity contribution in [2.75, 3.05) is 56.5 Å². The summed E-state index contributed by atoms with van der Waals surface area (Å²) in [4.78, 5) is 23.7. The van der Waals surface area contributed by atoms with E-state index in [1.165, 1.54) is 0 Å². The molecule has 1 amide bonds. The van der Waals surface area contributed by atoms with E-state index in [1.807, 2.05) is 30.1 Å². The molecule has 1 aromatic rings. The van der Waals surface area contributed by atoms with Crippen LogP contribution in [0.4, 0.5) is 5.82 Å². The van der Waals surface area contributed by atoms with Crippen LogP contribution in [0.3, 0.4) is 0 Å². The molecule has 0 aliphatic carbocycles. The predicted molar refractivity (Wildman–Crippen MR) is 101 cm³/mol. The van der Waals surface area contributed by atoms with Gasteiger partial charge in [0.25, 0.3) is 0 Å². The molecule has 6 heteroatoms. The zero-order chi connectivity index (χ0) is 16.8. The molecule has 0 bridgehead atoms. The van der Waals surface area contributed by atoms with Gasteiger partial charge in [-0.2, -0.15) is 11.8 Å². The minimum absolute atomic E-state index is 0.334. The van der Waals surface area contributed by atoms with Crippen LogP contribution < -0.4 is 4.90 Å². The molecule has 5 nitrogen and oxygen atoms in total. The van der Waals surface area contributed by atoms with Gasteiger partial charge in [0.05, 0.1) is 0 Å². The fourth-order valence-corrected chi connectivity index (χ4v) is 4.53. The number of nitrogens with zero attached hydrogens (tertiary/aromatic N) is 4. The molecule has 0 radical (unpaired) electrons. The largest absolute Gasteiger partial charge is 0.354 e. The van der Waals surface area contributed by atoms with E-state index in [0.717, 1.165) is 63.8 Å². The number of thioether (sulfide) groups is 1. The molecule has 3 heterocycles. The molecule has 24 heavy (non-hydrogen) atoms. The Morgan fingerprint density at radius 1 is 1.25 bits per heavy atom. The molecule has 1 atom stereocenters. The van der Waals surface area contributed by atoms with Gasteiger partial charge in [-0.25, -0.2) is 4.98 Å².